The molecule has 0 aliphatic rings. The van der Waals surface area contributed by atoms with Crippen molar-refractivity contribution in [2.24, 2.45) is 0 Å². The summed E-state index contributed by atoms with van der Waals surface area (Å²) in [5.74, 6) is 6.94. The molecule has 0 aliphatic heterocycles. The van der Waals surface area contributed by atoms with Crippen LogP contribution in [0.5, 0.6) is 0 Å². The Balaban J connectivity index is 2.32. The number of rotatable bonds is 2. The zero-order valence-corrected chi connectivity index (χ0v) is 9.67. The van der Waals surface area contributed by atoms with Crippen molar-refractivity contribution < 1.29 is 0 Å². The molecule has 0 saturated heterocycles. The molecular formula is C14H12ClN. The van der Waals surface area contributed by atoms with Crippen LogP contribution in [0.1, 0.15) is 18.4 Å². The third-order valence-corrected chi connectivity index (χ3v) is 2.59. The van der Waals surface area contributed by atoms with Crippen LogP contribution < -0.4 is 0 Å². The Morgan fingerprint density at radius 2 is 2.06 bits per heavy atom. The lowest BCUT2D eigenvalue weighted by Crippen LogP contribution is -1.82. The highest BCUT2D eigenvalue weighted by atomic mass is 35.5. The van der Waals surface area contributed by atoms with Crippen molar-refractivity contribution in [3.8, 4) is 11.8 Å². The summed E-state index contributed by atoms with van der Waals surface area (Å²) in [5.41, 5.74) is 0.993. The van der Waals surface area contributed by atoms with Crippen LogP contribution in [0.3, 0.4) is 0 Å². The van der Waals surface area contributed by atoms with Gasteiger partial charge in [-0.05, 0) is 6.42 Å². The number of alkyl halides is 1. The number of fused-ring (bicyclic) bond motifs is 1. The van der Waals surface area contributed by atoms with Crippen LogP contribution in [0.15, 0.2) is 36.7 Å². The van der Waals surface area contributed by atoms with Gasteiger partial charge < -0.3 is 0 Å². The minimum Gasteiger partial charge on any atom is -0.263 e. The van der Waals surface area contributed by atoms with Crippen LogP contribution in [0.25, 0.3) is 10.8 Å². The summed E-state index contributed by atoms with van der Waals surface area (Å²) in [6.07, 6.45) is 5.45. The topological polar surface area (TPSA) is 12.9 Å². The largest absolute Gasteiger partial charge is 0.263 e. The predicted molar refractivity (Wildman–Crippen MR) is 68.6 cm³/mol. The summed E-state index contributed by atoms with van der Waals surface area (Å²) in [4.78, 5) is 4.18. The monoisotopic (exact) mass is 229 g/mol. The molecule has 0 unspecified atom stereocenters. The van der Waals surface area contributed by atoms with Gasteiger partial charge >= 0.3 is 0 Å². The minimum absolute atomic E-state index is 0.669. The van der Waals surface area contributed by atoms with Gasteiger partial charge in [0.25, 0.3) is 0 Å². The number of benzene rings is 1. The molecule has 0 aliphatic carbocycles. The Hall–Kier alpha value is -1.52. The van der Waals surface area contributed by atoms with E-state index < -0.39 is 0 Å². The third-order valence-electron chi connectivity index (χ3n) is 2.33. The lowest BCUT2D eigenvalue weighted by Gasteiger charge is -1.98. The van der Waals surface area contributed by atoms with Gasteiger partial charge in [0.05, 0.1) is 5.56 Å². The lowest BCUT2D eigenvalue weighted by molar-refractivity contribution is 0.991. The third kappa shape index (κ3) is 2.53. The van der Waals surface area contributed by atoms with Crippen LogP contribution in [-0.2, 0) is 0 Å². The van der Waals surface area contributed by atoms with E-state index in [1.165, 1.54) is 0 Å². The standard InChI is InChI=1S/C14H12ClN/c15-9-5-1-2-6-12-10-16-11-13-7-3-4-8-14(12)13/h3-4,7-8,10-11H,1,5,9H2. The van der Waals surface area contributed by atoms with E-state index in [0.29, 0.717) is 5.88 Å². The van der Waals surface area contributed by atoms with Gasteiger partial charge in [-0.2, -0.15) is 0 Å². The molecule has 1 heterocycles. The smallest absolute Gasteiger partial charge is 0.0507 e. The molecule has 1 aromatic carbocycles. The van der Waals surface area contributed by atoms with Crippen molar-refractivity contribution in [3.63, 3.8) is 0 Å². The fraction of sp³-hybridized carbons (Fsp3) is 0.214. The normalized spacial score (nSPS) is 9.81. The van der Waals surface area contributed by atoms with Crippen molar-refractivity contribution in [2.75, 3.05) is 5.88 Å². The molecule has 0 bridgehead atoms. The van der Waals surface area contributed by atoms with Crippen LogP contribution in [-0.4, -0.2) is 10.9 Å². The van der Waals surface area contributed by atoms with Crippen molar-refractivity contribution in [2.45, 2.75) is 12.8 Å². The second-order valence-electron chi connectivity index (χ2n) is 3.50. The summed E-state index contributed by atoms with van der Waals surface area (Å²) >= 11 is 5.60. The molecule has 0 fully saturated rings. The Labute approximate surface area is 100 Å². The zero-order chi connectivity index (χ0) is 11.2. The quantitative estimate of drug-likeness (QED) is 0.436. The van der Waals surface area contributed by atoms with E-state index in [9.17, 15) is 0 Å². The van der Waals surface area contributed by atoms with Crippen LogP contribution >= 0.6 is 11.6 Å². The molecular weight excluding hydrogens is 218 g/mol. The molecule has 0 amide bonds. The molecule has 1 aromatic heterocycles. The molecule has 0 atom stereocenters. The van der Waals surface area contributed by atoms with Gasteiger partial charge in [-0.1, -0.05) is 36.1 Å². The Bertz CT molecular complexity index is 532. The first-order valence-electron chi connectivity index (χ1n) is 5.29. The minimum atomic E-state index is 0.669. The molecule has 0 N–H and O–H groups in total. The van der Waals surface area contributed by atoms with Gasteiger partial charge in [-0.25, -0.2) is 0 Å². The Kier molecular flexibility index (Phi) is 3.80. The first kappa shape index (κ1) is 11.0. The van der Waals surface area contributed by atoms with E-state index >= 15 is 0 Å². The number of halogens is 1. The van der Waals surface area contributed by atoms with E-state index in [0.717, 1.165) is 29.2 Å². The summed E-state index contributed by atoms with van der Waals surface area (Å²) in [5, 5.41) is 2.29. The SMILES string of the molecule is ClCCCC#Cc1cncc2ccccc12. The molecule has 80 valence electrons. The second kappa shape index (κ2) is 5.53. The average molecular weight is 230 g/mol. The van der Waals surface area contributed by atoms with Crippen molar-refractivity contribution in [3.05, 3.63) is 42.2 Å². The van der Waals surface area contributed by atoms with Crippen LogP contribution in [0, 0.1) is 11.8 Å². The van der Waals surface area contributed by atoms with Gasteiger partial charge in [0, 0.05) is 35.5 Å². The molecule has 1 nitrogen and oxygen atoms in total. The Morgan fingerprint density at radius 1 is 1.19 bits per heavy atom. The van der Waals surface area contributed by atoms with Gasteiger partial charge in [-0.3, -0.25) is 4.98 Å². The van der Waals surface area contributed by atoms with Crippen LogP contribution in [0.4, 0.5) is 0 Å². The maximum atomic E-state index is 5.60. The summed E-state index contributed by atoms with van der Waals surface area (Å²) in [7, 11) is 0. The van der Waals surface area contributed by atoms with Gasteiger partial charge in [0.1, 0.15) is 0 Å². The number of hydrogen-bond donors (Lipinski definition) is 0. The zero-order valence-electron chi connectivity index (χ0n) is 8.91. The number of unbranched alkanes of at least 4 members (excludes halogenated alkanes) is 1. The highest BCUT2D eigenvalue weighted by molar-refractivity contribution is 6.17. The fourth-order valence-electron chi connectivity index (χ4n) is 1.53. The average Bonchev–Trinajstić information content (AvgIpc) is 2.35. The molecule has 2 rings (SSSR count). The maximum Gasteiger partial charge on any atom is 0.0507 e. The van der Waals surface area contributed by atoms with E-state index in [4.69, 9.17) is 11.6 Å². The molecule has 0 saturated carbocycles. The number of nitrogens with zero attached hydrogens (tertiary/aromatic N) is 1. The van der Waals surface area contributed by atoms with Crippen molar-refractivity contribution >= 4 is 22.4 Å². The van der Waals surface area contributed by atoms with Crippen molar-refractivity contribution in [1.29, 1.82) is 0 Å². The predicted octanol–water partition coefficient (Wildman–Crippen LogP) is 3.61. The molecule has 0 spiro atoms. The number of aromatic nitrogens is 1. The number of hydrogen-bond acceptors (Lipinski definition) is 1. The second-order valence-corrected chi connectivity index (χ2v) is 3.88. The van der Waals surface area contributed by atoms with Gasteiger partial charge in [-0.15, -0.1) is 11.6 Å². The van der Waals surface area contributed by atoms with Crippen LogP contribution in [0.2, 0.25) is 0 Å². The highest BCUT2D eigenvalue weighted by Gasteiger charge is 1.96. The summed E-state index contributed by atoms with van der Waals surface area (Å²) in [6.45, 7) is 0. The highest BCUT2D eigenvalue weighted by Crippen LogP contribution is 2.15. The van der Waals surface area contributed by atoms with E-state index in [1.807, 2.05) is 30.6 Å². The van der Waals surface area contributed by atoms with E-state index in [1.54, 1.807) is 0 Å². The molecule has 0 radical (unpaired) electrons. The first-order chi connectivity index (χ1) is 7.92. The summed E-state index contributed by atoms with van der Waals surface area (Å²) in [6, 6.07) is 8.15. The summed E-state index contributed by atoms with van der Waals surface area (Å²) < 4.78 is 0. The Morgan fingerprint density at radius 3 is 2.94 bits per heavy atom. The van der Waals surface area contributed by atoms with Crippen molar-refractivity contribution in [1.82, 2.24) is 4.98 Å². The van der Waals surface area contributed by atoms with Gasteiger partial charge in [0.15, 0.2) is 0 Å². The molecule has 2 aromatic rings. The van der Waals surface area contributed by atoms with Gasteiger partial charge in [0.2, 0.25) is 0 Å². The molecule has 16 heavy (non-hydrogen) atoms. The maximum absolute atomic E-state index is 5.60. The van der Waals surface area contributed by atoms with E-state index in [-0.39, 0.29) is 0 Å². The molecule has 2 heteroatoms. The lowest BCUT2D eigenvalue weighted by atomic mass is 10.1. The number of pyridine rings is 1. The fourth-order valence-corrected chi connectivity index (χ4v) is 1.66. The first-order valence-corrected chi connectivity index (χ1v) is 5.83. The van der Waals surface area contributed by atoms with E-state index in [2.05, 4.69) is 22.9 Å².